The van der Waals surface area contributed by atoms with Gasteiger partial charge in [0.05, 0.1) is 5.01 Å². The number of rotatable bonds is 2. The fourth-order valence-corrected chi connectivity index (χ4v) is 3.09. The van der Waals surface area contributed by atoms with Gasteiger partial charge in [-0.1, -0.05) is 19.4 Å². The molecule has 0 saturated heterocycles. The van der Waals surface area contributed by atoms with Crippen molar-refractivity contribution in [3.63, 3.8) is 0 Å². The summed E-state index contributed by atoms with van der Waals surface area (Å²) in [5, 5.41) is 3.18. The molecule has 0 N–H and O–H groups in total. The van der Waals surface area contributed by atoms with E-state index < -0.39 is 0 Å². The lowest BCUT2D eigenvalue weighted by atomic mass is 9.76. The van der Waals surface area contributed by atoms with Crippen molar-refractivity contribution in [1.29, 1.82) is 0 Å². The average Bonchev–Trinajstić information content (AvgIpc) is 2.46. The van der Waals surface area contributed by atoms with E-state index >= 15 is 0 Å². The van der Waals surface area contributed by atoms with Crippen LogP contribution in [0.5, 0.6) is 0 Å². The Morgan fingerprint density at radius 3 is 2.75 bits per heavy atom. The Bertz CT molecular complexity index is 443. The van der Waals surface area contributed by atoms with E-state index in [1.165, 1.54) is 5.57 Å². The van der Waals surface area contributed by atoms with Gasteiger partial charge in [-0.25, -0.2) is 4.98 Å². The molecule has 0 atom stereocenters. The summed E-state index contributed by atoms with van der Waals surface area (Å²) in [4.78, 5) is 16.0. The van der Waals surface area contributed by atoms with Gasteiger partial charge in [0.15, 0.2) is 5.78 Å². The third-order valence-electron chi connectivity index (χ3n) is 2.77. The van der Waals surface area contributed by atoms with Crippen molar-refractivity contribution >= 4 is 17.1 Å². The maximum absolute atomic E-state index is 11.6. The molecule has 0 unspecified atom stereocenters. The van der Waals surface area contributed by atoms with Gasteiger partial charge < -0.3 is 0 Å². The number of carbonyl (C=O) groups is 1. The number of allylic oxidation sites excluding steroid dienone is 2. The van der Waals surface area contributed by atoms with Gasteiger partial charge in [-0.05, 0) is 24.8 Å². The molecule has 1 aliphatic rings. The number of ketones is 1. The van der Waals surface area contributed by atoms with Crippen LogP contribution < -0.4 is 0 Å². The summed E-state index contributed by atoms with van der Waals surface area (Å²) in [6.07, 6.45) is 4.35. The summed E-state index contributed by atoms with van der Waals surface area (Å²) >= 11 is 1.68. The normalized spacial score (nSPS) is 19.7. The third-order valence-corrected chi connectivity index (χ3v) is 3.74. The second kappa shape index (κ2) is 4.13. The number of aryl methyl sites for hydroxylation is 1. The van der Waals surface area contributed by atoms with E-state index in [9.17, 15) is 4.79 Å². The summed E-state index contributed by atoms with van der Waals surface area (Å²) in [6.45, 7) is 6.32. The maximum Gasteiger partial charge on any atom is 0.156 e. The van der Waals surface area contributed by atoms with E-state index in [2.05, 4.69) is 24.2 Å². The van der Waals surface area contributed by atoms with Crippen LogP contribution in [0.3, 0.4) is 0 Å². The van der Waals surface area contributed by atoms with Gasteiger partial charge in [-0.3, -0.25) is 4.79 Å². The highest BCUT2D eigenvalue weighted by Crippen LogP contribution is 2.35. The zero-order chi connectivity index (χ0) is 11.8. The van der Waals surface area contributed by atoms with E-state index in [0.717, 1.165) is 23.5 Å². The molecule has 1 aliphatic carbocycles. The van der Waals surface area contributed by atoms with Gasteiger partial charge in [-0.2, -0.15) is 0 Å². The zero-order valence-electron chi connectivity index (χ0n) is 10.0. The molecule has 0 fully saturated rings. The summed E-state index contributed by atoms with van der Waals surface area (Å²) in [5.41, 5.74) is 2.42. The molecule has 3 heteroatoms. The first-order valence-electron chi connectivity index (χ1n) is 5.58. The van der Waals surface area contributed by atoms with Crippen molar-refractivity contribution in [2.24, 2.45) is 5.41 Å². The maximum atomic E-state index is 11.6. The van der Waals surface area contributed by atoms with Crippen LogP contribution in [-0.4, -0.2) is 10.8 Å². The number of aromatic nitrogens is 1. The van der Waals surface area contributed by atoms with E-state index in [-0.39, 0.29) is 11.2 Å². The lowest BCUT2D eigenvalue weighted by Gasteiger charge is -2.28. The minimum Gasteiger partial charge on any atom is -0.295 e. The van der Waals surface area contributed by atoms with Crippen molar-refractivity contribution in [2.45, 2.75) is 40.0 Å². The van der Waals surface area contributed by atoms with Gasteiger partial charge >= 0.3 is 0 Å². The van der Waals surface area contributed by atoms with Crippen molar-refractivity contribution in [1.82, 2.24) is 4.98 Å². The van der Waals surface area contributed by atoms with Crippen molar-refractivity contribution in [3.05, 3.63) is 27.7 Å². The van der Waals surface area contributed by atoms with Crippen LogP contribution in [0.15, 0.2) is 17.0 Å². The van der Waals surface area contributed by atoms with Gasteiger partial charge in [0, 0.05) is 23.9 Å². The number of carbonyl (C=O) groups excluding carboxylic acids is 1. The smallest absolute Gasteiger partial charge is 0.156 e. The van der Waals surface area contributed by atoms with Gasteiger partial charge in [0.2, 0.25) is 0 Å². The molecule has 1 aromatic rings. The fraction of sp³-hybridized carbons (Fsp3) is 0.538. The molecule has 2 rings (SSSR count). The Balaban J connectivity index is 2.13. The predicted molar refractivity (Wildman–Crippen MR) is 66.7 cm³/mol. The van der Waals surface area contributed by atoms with E-state index in [1.807, 2.05) is 13.0 Å². The predicted octanol–water partition coefficient (Wildman–Crippen LogP) is 3.31. The number of nitrogens with zero attached hydrogens (tertiary/aromatic N) is 1. The average molecular weight is 235 g/mol. The quantitative estimate of drug-likeness (QED) is 0.787. The molecule has 2 nitrogen and oxygen atoms in total. The topological polar surface area (TPSA) is 30.0 Å². The molecule has 0 aromatic carbocycles. The number of thiazole rings is 1. The summed E-state index contributed by atoms with van der Waals surface area (Å²) in [5.74, 6) is 0.263. The van der Waals surface area contributed by atoms with Crippen LogP contribution in [0.4, 0.5) is 0 Å². The molecule has 0 bridgehead atoms. The summed E-state index contributed by atoms with van der Waals surface area (Å²) in [7, 11) is 0. The number of hydrogen-bond acceptors (Lipinski definition) is 3. The number of hydrogen-bond donors (Lipinski definition) is 0. The second-order valence-corrected chi connectivity index (χ2v) is 6.29. The highest BCUT2D eigenvalue weighted by Gasteiger charge is 2.27. The molecule has 16 heavy (non-hydrogen) atoms. The largest absolute Gasteiger partial charge is 0.295 e. The highest BCUT2D eigenvalue weighted by molar-refractivity contribution is 7.09. The lowest BCUT2D eigenvalue weighted by Crippen LogP contribution is -2.22. The van der Waals surface area contributed by atoms with Crippen LogP contribution >= 0.6 is 11.3 Å². The minimum absolute atomic E-state index is 0.119. The molecular weight excluding hydrogens is 218 g/mol. The fourth-order valence-electron chi connectivity index (χ4n) is 2.27. The van der Waals surface area contributed by atoms with E-state index in [0.29, 0.717) is 6.42 Å². The van der Waals surface area contributed by atoms with E-state index in [4.69, 9.17) is 0 Å². The van der Waals surface area contributed by atoms with Gasteiger partial charge in [0.1, 0.15) is 0 Å². The Labute approximate surface area is 100 Å². The highest BCUT2D eigenvalue weighted by atomic mass is 32.1. The van der Waals surface area contributed by atoms with Crippen LogP contribution in [0, 0.1) is 12.3 Å². The molecule has 0 spiro atoms. The van der Waals surface area contributed by atoms with Crippen LogP contribution in [-0.2, 0) is 11.2 Å². The molecular formula is C13H17NOS. The van der Waals surface area contributed by atoms with Crippen LogP contribution in [0.2, 0.25) is 0 Å². The Kier molecular flexibility index (Phi) is 2.98. The SMILES string of the molecule is Cc1csc(CC2=CC(=O)CC(C)(C)C2)n1. The molecule has 1 aromatic heterocycles. The molecule has 1 heterocycles. The molecule has 0 amide bonds. The Hall–Kier alpha value is -0.960. The second-order valence-electron chi connectivity index (χ2n) is 5.35. The summed E-state index contributed by atoms with van der Waals surface area (Å²) < 4.78 is 0. The first kappa shape index (κ1) is 11.5. The first-order valence-corrected chi connectivity index (χ1v) is 6.46. The van der Waals surface area contributed by atoms with Gasteiger partial charge in [0.25, 0.3) is 0 Å². The zero-order valence-corrected chi connectivity index (χ0v) is 10.9. The molecule has 0 aliphatic heterocycles. The standard InChI is InChI=1S/C13H17NOS/c1-9-8-16-12(14-9)5-10-4-11(15)7-13(2,3)6-10/h4,8H,5-7H2,1-3H3. The molecule has 86 valence electrons. The van der Waals surface area contributed by atoms with Crippen molar-refractivity contribution < 1.29 is 4.79 Å². The Morgan fingerprint density at radius 1 is 1.44 bits per heavy atom. The summed E-state index contributed by atoms with van der Waals surface area (Å²) in [6, 6.07) is 0. The lowest BCUT2D eigenvalue weighted by molar-refractivity contribution is -0.117. The van der Waals surface area contributed by atoms with Crippen LogP contribution in [0.1, 0.15) is 37.4 Å². The van der Waals surface area contributed by atoms with E-state index in [1.54, 1.807) is 11.3 Å². The third kappa shape index (κ3) is 2.79. The minimum atomic E-state index is 0.119. The van der Waals surface area contributed by atoms with Crippen LogP contribution in [0.25, 0.3) is 0 Å². The Morgan fingerprint density at radius 2 is 2.19 bits per heavy atom. The molecule has 0 radical (unpaired) electrons. The van der Waals surface area contributed by atoms with Crippen molar-refractivity contribution in [2.75, 3.05) is 0 Å². The molecule has 0 saturated carbocycles. The monoisotopic (exact) mass is 235 g/mol. The first-order chi connectivity index (χ1) is 7.44. The van der Waals surface area contributed by atoms with Crippen molar-refractivity contribution in [3.8, 4) is 0 Å². The van der Waals surface area contributed by atoms with Gasteiger partial charge in [-0.15, -0.1) is 11.3 Å².